The Balaban J connectivity index is 1.93. The second kappa shape index (κ2) is 6.82. The van der Waals surface area contributed by atoms with Crippen LogP contribution in [0.2, 0.25) is 0 Å². The van der Waals surface area contributed by atoms with Crippen LogP contribution in [0.5, 0.6) is 0 Å². The van der Waals surface area contributed by atoms with E-state index in [0.29, 0.717) is 27.7 Å². The van der Waals surface area contributed by atoms with Gasteiger partial charge in [0.1, 0.15) is 18.0 Å². The van der Waals surface area contributed by atoms with E-state index in [4.69, 9.17) is 4.74 Å². The van der Waals surface area contributed by atoms with Gasteiger partial charge in [-0.25, -0.2) is 9.97 Å². The third-order valence-electron chi connectivity index (χ3n) is 5.13. The number of aliphatic hydroxyl groups excluding tert-OH is 2. The molecule has 1 amide bonds. The van der Waals surface area contributed by atoms with E-state index < -0.39 is 23.2 Å². The predicted molar refractivity (Wildman–Crippen MR) is 105 cm³/mol. The molecule has 1 saturated heterocycles. The second-order valence-corrected chi connectivity index (χ2v) is 8.71. The van der Waals surface area contributed by atoms with Gasteiger partial charge in [0, 0.05) is 6.20 Å². The molecule has 9 nitrogen and oxygen atoms in total. The minimum atomic E-state index is -0.856. The van der Waals surface area contributed by atoms with Crippen LogP contribution in [0.1, 0.15) is 13.2 Å². The highest BCUT2D eigenvalue weighted by atomic mass is 32.2. The molecule has 4 rings (SSSR count). The van der Waals surface area contributed by atoms with Crippen LogP contribution in [0, 0.1) is 0 Å². The average molecular weight is 412 g/mol. The Kier molecular flexibility index (Phi) is 4.75. The highest BCUT2D eigenvalue weighted by molar-refractivity contribution is 8.00. The van der Waals surface area contributed by atoms with E-state index >= 15 is 0 Å². The summed E-state index contributed by atoms with van der Waals surface area (Å²) in [6.45, 7) is 1.74. The van der Waals surface area contributed by atoms with Crippen LogP contribution in [0.3, 0.4) is 0 Å². The van der Waals surface area contributed by atoms with E-state index in [0.717, 1.165) is 0 Å². The molecule has 4 atom stereocenters. The number of nitrogens with one attached hydrogen (secondary N) is 2. The molecule has 146 valence electrons. The topological polar surface area (TPSA) is 122 Å². The number of amides is 1. The number of carbonyl (C=O) groups is 1. The van der Waals surface area contributed by atoms with Gasteiger partial charge >= 0.3 is 0 Å². The maximum atomic E-state index is 12.1. The number of ether oxygens (including phenoxy) is 1. The van der Waals surface area contributed by atoms with Gasteiger partial charge in [-0.15, -0.1) is 0 Å². The van der Waals surface area contributed by atoms with Gasteiger partial charge in [0.25, 0.3) is 0 Å². The molecule has 2 aromatic rings. The van der Waals surface area contributed by atoms with Crippen LogP contribution in [0.4, 0.5) is 11.5 Å². The molecule has 4 N–H and O–H groups in total. The lowest BCUT2D eigenvalue weighted by atomic mass is 10.0. The molecule has 0 bridgehead atoms. The standard InChI is InChI=1S/C16H21N5O4S2/c1-16(27-3)11(24)8(6-22)25-14(16)21-5-7-10-12(17-4-9(23)18-7)19-15(26-2)20-13(10)21/h5,8,11,14,22,24H,4,6H2,1-3H3,(H,18,23)(H,17,19,20)/t8-,11-,14?,16-/m1/s1. The fourth-order valence-corrected chi connectivity index (χ4v) is 4.70. The van der Waals surface area contributed by atoms with Gasteiger partial charge in [0.15, 0.2) is 17.0 Å². The maximum absolute atomic E-state index is 12.1. The third kappa shape index (κ3) is 2.80. The molecule has 2 aliphatic heterocycles. The molecule has 27 heavy (non-hydrogen) atoms. The summed E-state index contributed by atoms with van der Waals surface area (Å²) < 4.78 is 7.13. The number of hydrogen-bond acceptors (Lipinski definition) is 9. The predicted octanol–water partition coefficient (Wildman–Crippen LogP) is 0.889. The summed E-state index contributed by atoms with van der Waals surface area (Å²) >= 11 is 2.87. The Hall–Kier alpha value is -1.53. The SMILES string of the molecule is CSc1nc2c3c(cn(C4O[C@H](CO)[C@@H](O)[C@@]4(C)SC)c3n1)NC(=O)CN2. The van der Waals surface area contributed by atoms with Gasteiger partial charge in [0.2, 0.25) is 5.91 Å². The first-order valence-corrected chi connectivity index (χ1v) is 10.9. The molecule has 1 unspecified atom stereocenters. The van der Waals surface area contributed by atoms with Gasteiger partial charge in [-0.2, -0.15) is 11.8 Å². The van der Waals surface area contributed by atoms with Crippen LogP contribution >= 0.6 is 23.5 Å². The van der Waals surface area contributed by atoms with Crippen molar-refractivity contribution in [1.29, 1.82) is 0 Å². The number of nitrogens with zero attached hydrogens (tertiary/aromatic N) is 3. The summed E-state index contributed by atoms with van der Waals surface area (Å²) in [4.78, 5) is 21.2. The van der Waals surface area contributed by atoms with Crippen molar-refractivity contribution >= 4 is 52.0 Å². The Labute approximate surface area is 164 Å². The van der Waals surface area contributed by atoms with Gasteiger partial charge in [-0.1, -0.05) is 11.8 Å². The lowest BCUT2D eigenvalue weighted by Crippen LogP contribution is -2.41. The van der Waals surface area contributed by atoms with E-state index in [9.17, 15) is 15.0 Å². The number of aromatic nitrogens is 3. The largest absolute Gasteiger partial charge is 0.394 e. The first kappa shape index (κ1) is 18.8. The first-order chi connectivity index (χ1) is 12.9. The molecule has 1 fully saturated rings. The van der Waals surface area contributed by atoms with Crippen molar-refractivity contribution in [1.82, 2.24) is 14.5 Å². The van der Waals surface area contributed by atoms with Gasteiger partial charge in [0.05, 0.1) is 29.0 Å². The highest BCUT2D eigenvalue weighted by Crippen LogP contribution is 2.49. The average Bonchev–Trinajstić information content (AvgIpc) is 3.08. The van der Waals surface area contributed by atoms with Crippen LogP contribution in [0.25, 0.3) is 11.0 Å². The number of rotatable bonds is 4. The quantitative estimate of drug-likeness (QED) is 0.429. The summed E-state index contributed by atoms with van der Waals surface area (Å²) in [5.41, 5.74) is 1.20. The van der Waals surface area contributed by atoms with Crippen LogP contribution in [-0.4, -0.2) is 73.3 Å². The van der Waals surface area contributed by atoms with Crippen molar-refractivity contribution in [2.24, 2.45) is 0 Å². The van der Waals surface area contributed by atoms with E-state index in [1.54, 1.807) is 6.20 Å². The Morgan fingerprint density at radius 3 is 2.89 bits per heavy atom. The Morgan fingerprint density at radius 1 is 1.44 bits per heavy atom. The zero-order chi connectivity index (χ0) is 19.3. The normalized spacial score (nSPS) is 30.3. The molecule has 0 aromatic carbocycles. The molecule has 2 aromatic heterocycles. The number of hydrogen-bond donors (Lipinski definition) is 4. The van der Waals surface area contributed by atoms with Crippen molar-refractivity contribution in [3.63, 3.8) is 0 Å². The zero-order valence-electron chi connectivity index (χ0n) is 15.1. The van der Waals surface area contributed by atoms with Gasteiger partial charge in [-0.3, -0.25) is 4.79 Å². The summed E-state index contributed by atoms with van der Waals surface area (Å²) in [5, 5.41) is 27.5. The lowest BCUT2D eigenvalue weighted by molar-refractivity contribution is -0.114. The molecular formula is C16H21N5O4S2. The van der Waals surface area contributed by atoms with Gasteiger partial charge in [-0.05, 0) is 19.4 Å². The van der Waals surface area contributed by atoms with E-state index in [-0.39, 0.29) is 19.1 Å². The Morgan fingerprint density at radius 2 is 2.22 bits per heavy atom. The highest BCUT2D eigenvalue weighted by Gasteiger charge is 2.54. The lowest BCUT2D eigenvalue weighted by Gasteiger charge is -2.31. The Bertz CT molecular complexity index is 907. The minimum absolute atomic E-state index is 0.127. The monoisotopic (exact) mass is 411 g/mol. The summed E-state index contributed by atoms with van der Waals surface area (Å²) in [6, 6.07) is 0. The first-order valence-electron chi connectivity index (χ1n) is 8.42. The summed E-state index contributed by atoms with van der Waals surface area (Å²) in [5.74, 6) is 0.408. The number of aliphatic hydroxyl groups is 2. The van der Waals surface area contributed by atoms with E-state index in [2.05, 4.69) is 20.6 Å². The van der Waals surface area contributed by atoms with Crippen molar-refractivity contribution in [3.05, 3.63) is 6.20 Å². The van der Waals surface area contributed by atoms with Crippen molar-refractivity contribution in [2.45, 2.75) is 35.3 Å². The molecule has 2 aliphatic rings. The van der Waals surface area contributed by atoms with E-state index in [1.807, 2.05) is 24.0 Å². The maximum Gasteiger partial charge on any atom is 0.243 e. The number of carbonyl (C=O) groups excluding carboxylic acids is 1. The molecule has 11 heteroatoms. The molecule has 0 spiro atoms. The third-order valence-corrected chi connectivity index (χ3v) is 7.00. The molecule has 4 heterocycles. The number of anilines is 2. The van der Waals surface area contributed by atoms with Crippen molar-refractivity contribution < 1.29 is 19.7 Å². The van der Waals surface area contributed by atoms with Crippen LogP contribution in [-0.2, 0) is 9.53 Å². The van der Waals surface area contributed by atoms with Gasteiger partial charge < -0.3 is 30.2 Å². The smallest absolute Gasteiger partial charge is 0.243 e. The van der Waals surface area contributed by atoms with Crippen LogP contribution < -0.4 is 10.6 Å². The fraction of sp³-hybridized carbons (Fsp3) is 0.562. The second-order valence-electron chi connectivity index (χ2n) is 6.65. The van der Waals surface area contributed by atoms with E-state index in [1.165, 1.54) is 23.5 Å². The van der Waals surface area contributed by atoms with Crippen molar-refractivity contribution in [3.8, 4) is 0 Å². The molecular weight excluding hydrogens is 390 g/mol. The fourth-order valence-electron chi connectivity index (χ4n) is 3.58. The molecule has 0 radical (unpaired) electrons. The van der Waals surface area contributed by atoms with Crippen LogP contribution in [0.15, 0.2) is 11.4 Å². The summed E-state index contributed by atoms with van der Waals surface area (Å²) in [7, 11) is 0. The molecule has 0 aliphatic carbocycles. The molecule has 0 saturated carbocycles. The number of thioether (sulfide) groups is 2. The van der Waals surface area contributed by atoms with Crippen molar-refractivity contribution in [2.75, 3.05) is 36.3 Å². The zero-order valence-corrected chi connectivity index (χ0v) is 16.7. The summed E-state index contributed by atoms with van der Waals surface area (Å²) in [6.07, 6.45) is 3.41. The minimum Gasteiger partial charge on any atom is -0.394 e.